The van der Waals surface area contributed by atoms with Gasteiger partial charge in [0.25, 0.3) is 0 Å². The summed E-state index contributed by atoms with van der Waals surface area (Å²) in [6, 6.07) is 59.2. The summed E-state index contributed by atoms with van der Waals surface area (Å²) in [4.78, 5) is 4.30. The highest BCUT2D eigenvalue weighted by molar-refractivity contribution is 6.18. The molecule has 0 unspecified atom stereocenters. The lowest BCUT2D eigenvalue weighted by Crippen LogP contribution is -1.97. The Kier molecular flexibility index (Phi) is 5.92. The lowest BCUT2D eigenvalue weighted by Gasteiger charge is -2.16. The fourth-order valence-electron chi connectivity index (χ4n) is 8.21. The maximum atomic E-state index is 6.19. The molecule has 0 fully saturated rings. The largest absolute Gasteiger partial charge is 0.454 e. The third-order valence-corrected chi connectivity index (χ3v) is 10.4. The van der Waals surface area contributed by atoms with Crippen molar-refractivity contribution in [3.05, 3.63) is 176 Å². The first-order chi connectivity index (χ1) is 25.3. The number of fused-ring (bicyclic) bond motifs is 9. The van der Waals surface area contributed by atoms with E-state index in [0.717, 1.165) is 38.8 Å². The summed E-state index contributed by atoms with van der Waals surface area (Å²) >= 11 is 0. The van der Waals surface area contributed by atoms with Crippen LogP contribution in [0.4, 0.5) is 0 Å². The molecular weight excluding hydrogens is 623 g/mol. The molecule has 238 valence electrons. The standard InChI is InChI=1S/C47H29N3O/c1-3-12-30(13-4-1)38-28-44-40(34-17-8-9-20-42(34)49(44)31-14-5-2-6-15-31)27-39(38)37-19-11-18-36-33-16-7-10-21-43(33)50(47(36)37)32-22-23-45-41(26-32)35-24-25-48-29-46(35)51-45/h1-29H. The highest BCUT2D eigenvalue weighted by Crippen LogP contribution is 2.45. The van der Waals surface area contributed by atoms with Crippen molar-refractivity contribution in [2.24, 2.45) is 0 Å². The summed E-state index contributed by atoms with van der Waals surface area (Å²) in [6.45, 7) is 0. The number of hydrogen-bond acceptors (Lipinski definition) is 2. The number of furan rings is 1. The van der Waals surface area contributed by atoms with Crippen LogP contribution in [0.3, 0.4) is 0 Å². The van der Waals surface area contributed by atoms with Gasteiger partial charge in [-0.05, 0) is 77.4 Å². The van der Waals surface area contributed by atoms with E-state index < -0.39 is 0 Å². The van der Waals surface area contributed by atoms with Crippen LogP contribution in [0.1, 0.15) is 0 Å². The van der Waals surface area contributed by atoms with Gasteiger partial charge in [0, 0.05) is 55.5 Å². The predicted molar refractivity (Wildman–Crippen MR) is 211 cm³/mol. The van der Waals surface area contributed by atoms with E-state index in [-0.39, 0.29) is 0 Å². The molecule has 7 aromatic carbocycles. The third kappa shape index (κ3) is 4.11. The predicted octanol–water partition coefficient (Wildman–Crippen LogP) is 12.5. The van der Waals surface area contributed by atoms with E-state index in [0.29, 0.717) is 0 Å². The molecule has 0 amide bonds. The van der Waals surface area contributed by atoms with E-state index in [1.165, 1.54) is 60.3 Å². The van der Waals surface area contributed by atoms with Crippen molar-refractivity contribution in [3.8, 4) is 33.6 Å². The topological polar surface area (TPSA) is 35.9 Å². The second-order valence-electron chi connectivity index (χ2n) is 13.2. The highest BCUT2D eigenvalue weighted by atomic mass is 16.3. The molecule has 0 aliphatic heterocycles. The maximum Gasteiger partial charge on any atom is 0.153 e. The zero-order valence-corrected chi connectivity index (χ0v) is 27.5. The molecule has 0 aliphatic carbocycles. The number of rotatable bonds is 4. The quantitative estimate of drug-likeness (QED) is 0.190. The van der Waals surface area contributed by atoms with Crippen LogP contribution < -0.4 is 0 Å². The van der Waals surface area contributed by atoms with Crippen LogP contribution in [-0.2, 0) is 0 Å². The normalized spacial score (nSPS) is 11.9. The Morgan fingerprint density at radius 3 is 1.92 bits per heavy atom. The van der Waals surface area contributed by atoms with Crippen LogP contribution >= 0.6 is 0 Å². The monoisotopic (exact) mass is 651 g/mol. The zero-order valence-electron chi connectivity index (χ0n) is 27.5. The van der Waals surface area contributed by atoms with Gasteiger partial charge in [-0.2, -0.15) is 0 Å². The molecule has 0 aliphatic rings. The van der Waals surface area contributed by atoms with Crippen molar-refractivity contribution in [2.75, 3.05) is 0 Å². The summed E-state index contributed by atoms with van der Waals surface area (Å²) in [5.74, 6) is 0. The van der Waals surface area contributed by atoms with Gasteiger partial charge in [-0.15, -0.1) is 0 Å². The van der Waals surface area contributed by atoms with Crippen LogP contribution in [0.25, 0.3) is 99.2 Å². The molecule has 4 nitrogen and oxygen atoms in total. The number of aromatic nitrogens is 3. The summed E-state index contributed by atoms with van der Waals surface area (Å²) in [6.07, 6.45) is 3.63. The first kappa shape index (κ1) is 28.0. The molecular formula is C47H29N3O. The molecule has 0 N–H and O–H groups in total. The fraction of sp³-hybridized carbons (Fsp3) is 0. The van der Waals surface area contributed by atoms with Crippen molar-refractivity contribution in [2.45, 2.75) is 0 Å². The van der Waals surface area contributed by atoms with E-state index in [1.54, 1.807) is 6.20 Å². The van der Waals surface area contributed by atoms with E-state index in [2.05, 4.69) is 172 Å². The van der Waals surface area contributed by atoms with Gasteiger partial charge in [0.05, 0.1) is 28.3 Å². The van der Waals surface area contributed by atoms with Gasteiger partial charge >= 0.3 is 0 Å². The van der Waals surface area contributed by atoms with Gasteiger partial charge in [0.1, 0.15) is 5.58 Å². The van der Waals surface area contributed by atoms with Crippen LogP contribution in [0.2, 0.25) is 0 Å². The molecule has 0 atom stereocenters. The van der Waals surface area contributed by atoms with Crippen LogP contribution in [0, 0.1) is 0 Å². The molecule has 0 spiro atoms. The molecule has 11 rings (SSSR count). The molecule has 4 aromatic heterocycles. The Hall–Kier alpha value is -6.91. The van der Waals surface area contributed by atoms with E-state index in [9.17, 15) is 0 Å². The maximum absolute atomic E-state index is 6.19. The Morgan fingerprint density at radius 1 is 0.392 bits per heavy atom. The third-order valence-electron chi connectivity index (χ3n) is 10.4. The smallest absolute Gasteiger partial charge is 0.153 e. The van der Waals surface area contributed by atoms with E-state index >= 15 is 0 Å². The summed E-state index contributed by atoms with van der Waals surface area (Å²) in [5.41, 5.74) is 13.4. The first-order valence-electron chi connectivity index (χ1n) is 17.3. The minimum absolute atomic E-state index is 0.794. The van der Waals surface area contributed by atoms with E-state index in [4.69, 9.17) is 4.42 Å². The Morgan fingerprint density at radius 2 is 1.10 bits per heavy atom. The van der Waals surface area contributed by atoms with Crippen molar-refractivity contribution in [3.63, 3.8) is 0 Å². The van der Waals surface area contributed by atoms with Gasteiger partial charge in [-0.3, -0.25) is 4.98 Å². The molecule has 4 heteroatoms. The van der Waals surface area contributed by atoms with Crippen LogP contribution in [0.5, 0.6) is 0 Å². The summed E-state index contributed by atoms with van der Waals surface area (Å²) in [5, 5.41) is 7.04. The zero-order chi connectivity index (χ0) is 33.5. The molecule has 0 saturated carbocycles. The van der Waals surface area contributed by atoms with Gasteiger partial charge < -0.3 is 13.6 Å². The van der Waals surface area contributed by atoms with Crippen molar-refractivity contribution < 1.29 is 4.42 Å². The van der Waals surface area contributed by atoms with Crippen LogP contribution in [-0.4, -0.2) is 14.1 Å². The molecule has 11 aromatic rings. The number of para-hydroxylation sites is 4. The second-order valence-corrected chi connectivity index (χ2v) is 13.2. The highest BCUT2D eigenvalue weighted by Gasteiger charge is 2.22. The average molecular weight is 652 g/mol. The van der Waals surface area contributed by atoms with Gasteiger partial charge in [0.2, 0.25) is 0 Å². The fourth-order valence-corrected chi connectivity index (χ4v) is 8.21. The second kappa shape index (κ2) is 10.8. The van der Waals surface area contributed by atoms with Gasteiger partial charge in [0.15, 0.2) is 5.58 Å². The number of hydrogen-bond donors (Lipinski definition) is 0. The SMILES string of the molecule is c1ccc(-c2cc3c(cc2-c2cccc4c5ccccc5n(-c5ccc6oc7cnccc7c6c5)c24)c2ccccc2n3-c2ccccc2)cc1. The molecule has 4 heterocycles. The molecule has 0 radical (unpaired) electrons. The van der Waals surface area contributed by atoms with Gasteiger partial charge in [-0.1, -0.05) is 103 Å². The average Bonchev–Trinajstić information content (AvgIpc) is 3.85. The Labute approximate surface area is 293 Å². The first-order valence-corrected chi connectivity index (χ1v) is 17.3. The lowest BCUT2D eigenvalue weighted by molar-refractivity contribution is 0.667. The van der Waals surface area contributed by atoms with Crippen molar-refractivity contribution >= 4 is 65.6 Å². The van der Waals surface area contributed by atoms with Gasteiger partial charge in [-0.25, -0.2) is 0 Å². The minimum atomic E-state index is 0.794. The Bertz CT molecular complexity index is 3130. The molecule has 0 bridgehead atoms. The molecule has 0 saturated heterocycles. The Balaban J connectivity index is 1.28. The molecule has 51 heavy (non-hydrogen) atoms. The summed E-state index contributed by atoms with van der Waals surface area (Å²) < 4.78 is 11.0. The number of pyridine rings is 1. The van der Waals surface area contributed by atoms with E-state index in [1.807, 2.05) is 12.3 Å². The lowest BCUT2D eigenvalue weighted by atomic mass is 9.91. The summed E-state index contributed by atoms with van der Waals surface area (Å²) in [7, 11) is 0. The van der Waals surface area contributed by atoms with Crippen molar-refractivity contribution in [1.29, 1.82) is 0 Å². The number of benzene rings is 7. The van der Waals surface area contributed by atoms with Crippen LogP contribution in [0.15, 0.2) is 181 Å². The van der Waals surface area contributed by atoms with Crippen molar-refractivity contribution in [1.82, 2.24) is 14.1 Å². The number of nitrogens with zero attached hydrogens (tertiary/aromatic N) is 3. The minimum Gasteiger partial charge on any atom is -0.454 e.